The minimum atomic E-state index is -0.194. The summed E-state index contributed by atoms with van der Waals surface area (Å²) in [7, 11) is 2.01. The van der Waals surface area contributed by atoms with Crippen LogP contribution in [0.2, 0.25) is 0 Å². The first kappa shape index (κ1) is 9.96. The van der Waals surface area contributed by atoms with Crippen molar-refractivity contribution in [2.24, 2.45) is 0 Å². The van der Waals surface area contributed by atoms with Crippen molar-refractivity contribution in [2.75, 3.05) is 26.7 Å². The number of aliphatic hydroxyl groups excluding tert-OH is 1. The van der Waals surface area contributed by atoms with Gasteiger partial charge in [0.25, 0.3) is 0 Å². The molecular formula is C9H20N2O. The number of rotatable bonds is 3. The number of likely N-dealkylation sites (N-methyl/N-ethyl adjacent to an activating group) is 1. The van der Waals surface area contributed by atoms with Crippen LogP contribution in [-0.4, -0.2) is 48.8 Å². The molecule has 0 radical (unpaired) electrons. The maximum absolute atomic E-state index is 9.20. The van der Waals surface area contributed by atoms with E-state index in [-0.39, 0.29) is 6.10 Å². The second-order valence-electron chi connectivity index (χ2n) is 3.74. The molecular weight excluding hydrogens is 152 g/mol. The van der Waals surface area contributed by atoms with E-state index >= 15 is 0 Å². The highest BCUT2D eigenvalue weighted by molar-refractivity contribution is 4.77. The highest BCUT2D eigenvalue weighted by Gasteiger charge is 2.18. The summed E-state index contributed by atoms with van der Waals surface area (Å²) in [6, 6.07) is 0.623. The molecule has 1 fully saturated rings. The van der Waals surface area contributed by atoms with Gasteiger partial charge in [0.15, 0.2) is 0 Å². The minimum Gasteiger partial charge on any atom is -0.392 e. The van der Waals surface area contributed by atoms with Crippen molar-refractivity contribution < 1.29 is 5.11 Å². The fourth-order valence-corrected chi connectivity index (χ4v) is 1.83. The molecule has 0 aliphatic carbocycles. The van der Waals surface area contributed by atoms with Gasteiger partial charge in [-0.1, -0.05) is 0 Å². The standard InChI is InChI=1S/C9H20N2O/c1-8(12)6-11-5-3-4-9(7-11)10-2/h8-10,12H,3-7H2,1-2H3. The van der Waals surface area contributed by atoms with Gasteiger partial charge >= 0.3 is 0 Å². The second-order valence-corrected chi connectivity index (χ2v) is 3.74. The normalized spacial score (nSPS) is 28.8. The number of piperidine rings is 1. The zero-order valence-corrected chi connectivity index (χ0v) is 8.08. The summed E-state index contributed by atoms with van der Waals surface area (Å²) in [5.74, 6) is 0. The Morgan fingerprint density at radius 3 is 3.00 bits per heavy atom. The molecule has 2 unspecified atom stereocenters. The summed E-state index contributed by atoms with van der Waals surface area (Å²) in [5.41, 5.74) is 0. The Bertz CT molecular complexity index is 128. The van der Waals surface area contributed by atoms with Crippen molar-refractivity contribution in [3.8, 4) is 0 Å². The fourth-order valence-electron chi connectivity index (χ4n) is 1.83. The van der Waals surface area contributed by atoms with Gasteiger partial charge in [-0.15, -0.1) is 0 Å². The maximum atomic E-state index is 9.20. The molecule has 2 atom stereocenters. The number of hydrogen-bond acceptors (Lipinski definition) is 3. The van der Waals surface area contributed by atoms with Gasteiger partial charge < -0.3 is 10.4 Å². The van der Waals surface area contributed by atoms with E-state index in [1.807, 2.05) is 14.0 Å². The van der Waals surface area contributed by atoms with Crippen LogP contribution in [0.3, 0.4) is 0 Å². The first-order valence-corrected chi connectivity index (χ1v) is 4.80. The molecule has 0 amide bonds. The predicted molar refractivity (Wildman–Crippen MR) is 50.2 cm³/mol. The van der Waals surface area contributed by atoms with E-state index < -0.39 is 0 Å². The topological polar surface area (TPSA) is 35.5 Å². The van der Waals surface area contributed by atoms with Gasteiger partial charge in [-0.2, -0.15) is 0 Å². The molecule has 72 valence electrons. The highest BCUT2D eigenvalue weighted by Crippen LogP contribution is 2.09. The van der Waals surface area contributed by atoms with Crippen molar-refractivity contribution in [1.29, 1.82) is 0 Å². The molecule has 0 spiro atoms. The molecule has 12 heavy (non-hydrogen) atoms. The van der Waals surface area contributed by atoms with Crippen LogP contribution in [-0.2, 0) is 0 Å². The zero-order valence-electron chi connectivity index (χ0n) is 8.08. The van der Waals surface area contributed by atoms with Crippen molar-refractivity contribution in [3.63, 3.8) is 0 Å². The molecule has 0 bridgehead atoms. The first-order chi connectivity index (χ1) is 5.72. The predicted octanol–water partition coefficient (Wildman–Crippen LogP) is 0.0510. The smallest absolute Gasteiger partial charge is 0.0639 e. The number of aliphatic hydroxyl groups is 1. The maximum Gasteiger partial charge on any atom is 0.0639 e. The van der Waals surface area contributed by atoms with Crippen molar-refractivity contribution in [3.05, 3.63) is 0 Å². The largest absolute Gasteiger partial charge is 0.392 e. The third-order valence-corrected chi connectivity index (χ3v) is 2.44. The lowest BCUT2D eigenvalue weighted by Crippen LogP contribution is -2.46. The van der Waals surface area contributed by atoms with Gasteiger partial charge in [0.2, 0.25) is 0 Å². The number of nitrogens with one attached hydrogen (secondary N) is 1. The quantitative estimate of drug-likeness (QED) is 0.631. The summed E-state index contributed by atoms with van der Waals surface area (Å²) in [6.07, 6.45) is 2.33. The Kier molecular flexibility index (Phi) is 3.98. The summed E-state index contributed by atoms with van der Waals surface area (Å²) in [6.45, 7) is 4.89. The first-order valence-electron chi connectivity index (χ1n) is 4.80. The van der Waals surface area contributed by atoms with E-state index in [0.717, 1.165) is 19.6 Å². The van der Waals surface area contributed by atoms with Crippen LogP contribution in [0.5, 0.6) is 0 Å². The van der Waals surface area contributed by atoms with Crippen LogP contribution in [0.25, 0.3) is 0 Å². The molecule has 0 aromatic heterocycles. The van der Waals surface area contributed by atoms with Crippen LogP contribution in [0, 0.1) is 0 Å². The molecule has 1 rings (SSSR count). The van der Waals surface area contributed by atoms with Crippen LogP contribution in [0.4, 0.5) is 0 Å². The van der Waals surface area contributed by atoms with Crippen molar-refractivity contribution >= 4 is 0 Å². The van der Waals surface area contributed by atoms with Gasteiger partial charge in [0.1, 0.15) is 0 Å². The van der Waals surface area contributed by atoms with Gasteiger partial charge in [0.05, 0.1) is 6.10 Å². The zero-order chi connectivity index (χ0) is 8.97. The summed E-state index contributed by atoms with van der Waals surface area (Å²) < 4.78 is 0. The molecule has 0 saturated carbocycles. The van der Waals surface area contributed by atoms with Crippen molar-refractivity contribution in [1.82, 2.24) is 10.2 Å². The molecule has 3 heteroatoms. The molecule has 2 N–H and O–H groups in total. The Morgan fingerprint density at radius 2 is 2.42 bits per heavy atom. The Morgan fingerprint density at radius 1 is 1.67 bits per heavy atom. The lowest BCUT2D eigenvalue weighted by molar-refractivity contribution is 0.104. The highest BCUT2D eigenvalue weighted by atomic mass is 16.3. The van der Waals surface area contributed by atoms with Gasteiger partial charge in [-0.3, -0.25) is 4.90 Å². The van der Waals surface area contributed by atoms with E-state index in [2.05, 4.69) is 10.2 Å². The monoisotopic (exact) mass is 172 g/mol. The summed E-state index contributed by atoms with van der Waals surface area (Å²) >= 11 is 0. The van der Waals surface area contributed by atoms with Gasteiger partial charge in [-0.05, 0) is 33.4 Å². The lowest BCUT2D eigenvalue weighted by atomic mass is 10.1. The fraction of sp³-hybridized carbons (Fsp3) is 1.00. The molecule has 1 aliphatic rings. The Labute approximate surface area is 74.8 Å². The molecule has 3 nitrogen and oxygen atoms in total. The average Bonchev–Trinajstić information content (AvgIpc) is 2.03. The van der Waals surface area contributed by atoms with E-state index in [4.69, 9.17) is 0 Å². The Hall–Kier alpha value is -0.120. The molecule has 1 saturated heterocycles. The lowest BCUT2D eigenvalue weighted by Gasteiger charge is -2.33. The third-order valence-electron chi connectivity index (χ3n) is 2.44. The third kappa shape index (κ3) is 3.09. The number of hydrogen-bond donors (Lipinski definition) is 2. The van der Waals surface area contributed by atoms with Crippen LogP contribution < -0.4 is 5.32 Å². The minimum absolute atomic E-state index is 0.194. The Balaban J connectivity index is 2.25. The van der Waals surface area contributed by atoms with E-state index in [0.29, 0.717) is 6.04 Å². The van der Waals surface area contributed by atoms with Crippen LogP contribution >= 0.6 is 0 Å². The van der Waals surface area contributed by atoms with E-state index in [1.54, 1.807) is 0 Å². The summed E-state index contributed by atoms with van der Waals surface area (Å²) in [5, 5.41) is 12.5. The van der Waals surface area contributed by atoms with Gasteiger partial charge in [0, 0.05) is 19.1 Å². The number of nitrogens with zero attached hydrogens (tertiary/aromatic N) is 1. The number of likely N-dealkylation sites (tertiary alicyclic amines) is 1. The molecule has 0 aromatic rings. The molecule has 0 aromatic carbocycles. The molecule has 1 heterocycles. The number of β-amino-alcohol motifs (C(OH)–C–C–N with tert-alkyl or cyclic N) is 1. The molecule has 1 aliphatic heterocycles. The second kappa shape index (κ2) is 4.80. The van der Waals surface area contributed by atoms with Crippen LogP contribution in [0.15, 0.2) is 0 Å². The summed E-state index contributed by atoms with van der Waals surface area (Å²) in [4.78, 5) is 2.33. The van der Waals surface area contributed by atoms with Gasteiger partial charge in [-0.25, -0.2) is 0 Å². The van der Waals surface area contributed by atoms with Crippen molar-refractivity contribution in [2.45, 2.75) is 31.9 Å². The van der Waals surface area contributed by atoms with E-state index in [9.17, 15) is 5.11 Å². The average molecular weight is 172 g/mol. The SMILES string of the molecule is CNC1CCCN(CC(C)O)C1. The van der Waals surface area contributed by atoms with Crippen LogP contribution in [0.1, 0.15) is 19.8 Å². The van der Waals surface area contributed by atoms with E-state index in [1.165, 1.54) is 12.8 Å².